The van der Waals surface area contributed by atoms with E-state index in [1.165, 1.54) is 11.8 Å². The Bertz CT molecular complexity index is 1390. The Balaban J connectivity index is 1.37. The summed E-state index contributed by atoms with van der Waals surface area (Å²) >= 11 is 1.33. The zero-order valence-corrected chi connectivity index (χ0v) is 17.3. The molecule has 3 heterocycles. The fourth-order valence-corrected chi connectivity index (χ4v) is 3.90. The van der Waals surface area contributed by atoms with Gasteiger partial charge in [0.05, 0.1) is 12.9 Å². The first kappa shape index (κ1) is 19.1. The lowest BCUT2D eigenvalue weighted by atomic mass is 10.1. The Morgan fingerprint density at radius 1 is 1.03 bits per heavy atom. The van der Waals surface area contributed by atoms with E-state index in [9.17, 15) is 4.79 Å². The molecule has 0 radical (unpaired) electrons. The van der Waals surface area contributed by atoms with Gasteiger partial charge in [-0.25, -0.2) is 4.98 Å². The van der Waals surface area contributed by atoms with E-state index in [0.717, 1.165) is 22.4 Å². The van der Waals surface area contributed by atoms with E-state index in [4.69, 9.17) is 9.26 Å². The van der Waals surface area contributed by atoms with Gasteiger partial charge in [0.15, 0.2) is 5.16 Å². The molecule has 0 spiro atoms. The molecule has 2 N–H and O–H groups in total. The van der Waals surface area contributed by atoms with E-state index in [1.807, 2.05) is 54.6 Å². The van der Waals surface area contributed by atoms with Gasteiger partial charge in [-0.15, -0.1) is 0 Å². The quantitative estimate of drug-likeness (QED) is 0.305. The number of nitrogens with zero attached hydrogens (tertiary/aromatic N) is 3. The van der Waals surface area contributed by atoms with Crippen LogP contribution < -0.4 is 10.3 Å². The largest absolute Gasteiger partial charge is 0.497 e. The van der Waals surface area contributed by atoms with Gasteiger partial charge < -0.3 is 14.2 Å². The molecule has 0 atom stereocenters. The van der Waals surface area contributed by atoms with Crippen LogP contribution in [0.15, 0.2) is 75.3 Å². The molecule has 0 aliphatic carbocycles. The highest BCUT2D eigenvalue weighted by Crippen LogP contribution is 2.28. The number of hydrogen-bond donors (Lipinski definition) is 2. The summed E-state index contributed by atoms with van der Waals surface area (Å²) < 4.78 is 10.5. The first-order valence-electron chi connectivity index (χ1n) is 9.48. The molecule has 0 saturated carbocycles. The highest BCUT2D eigenvalue weighted by molar-refractivity contribution is 7.98. The summed E-state index contributed by atoms with van der Waals surface area (Å²) in [5, 5.41) is 4.51. The number of ether oxygens (including phenoxy) is 1. The number of hydrogen-bond acceptors (Lipinski definition) is 7. The molecule has 0 bridgehead atoms. The van der Waals surface area contributed by atoms with Crippen LogP contribution >= 0.6 is 11.8 Å². The molecule has 8 nitrogen and oxygen atoms in total. The molecule has 0 amide bonds. The van der Waals surface area contributed by atoms with Gasteiger partial charge in [0, 0.05) is 17.3 Å². The molecular weight excluding hydrogens is 414 g/mol. The molecule has 0 saturated heterocycles. The minimum Gasteiger partial charge on any atom is -0.497 e. The molecule has 0 unspecified atom stereocenters. The van der Waals surface area contributed by atoms with Crippen LogP contribution in [0.1, 0.15) is 5.89 Å². The van der Waals surface area contributed by atoms with Gasteiger partial charge in [-0.3, -0.25) is 9.78 Å². The molecular formula is C22H17N5O3S. The van der Waals surface area contributed by atoms with Crippen molar-refractivity contribution < 1.29 is 9.26 Å². The van der Waals surface area contributed by atoms with E-state index in [-0.39, 0.29) is 5.56 Å². The zero-order chi connectivity index (χ0) is 21.2. The summed E-state index contributed by atoms with van der Waals surface area (Å²) in [4.78, 5) is 27.4. The lowest BCUT2D eigenvalue weighted by molar-refractivity contribution is 0.391. The molecule has 154 valence electrons. The lowest BCUT2D eigenvalue weighted by Gasteiger charge is -2.01. The van der Waals surface area contributed by atoms with Gasteiger partial charge in [-0.1, -0.05) is 47.3 Å². The van der Waals surface area contributed by atoms with Crippen molar-refractivity contribution in [2.45, 2.75) is 10.9 Å². The second-order valence-corrected chi connectivity index (χ2v) is 7.66. The molecule has 3 aromatic heterocycles. The first-order valence-corrected chi connectivity index (χ1v) is 10.5. The number of aromatic nitrogens is 5. The van der Waals surface area contributed by atoms with Gasteiger partial charge in [0.2, 0.25) is 11.7 Å². The maximum absolute atomic E-state index is 12.5. The average molecular weight is 431 g/mol. The number of rotatable bonds is 6. The van der Waals surface area contributed by atoms with Crippen LogP contribution in [0.4, 0.5) is 0 Å². The van der Waals surface area contributed by atoms with Crippen LogP contribution in [0, 0.1) is 0 Å². The molecule has 0 fully saturated rings. The Labute approximate surface area is 180 Å². The Morgan fingerprint density at radius 3 is 2.61 bits per heavy atom. The highest BCUT2D eigenvalue weighted by atomic mass is 32.2. The molecule has 2 aromatic carbocycles. The van der Waals surface area contributed by atoms with Crippen molar-refractivity contribution in [2.75, 3.05) is 7.11 Å². The summed E-state index contributed by atoms with van der Waals surface area (Å²) in [6.45, 7) is 0. The van der Waals surface area contributed by atoms with Crippen LogP contribution in [0.3, 0.4) is 0 Å². The molecule has 9 heteroatoms. The van der Waals surface area contributed by atoms with Gasteiger partial charge in [0.25, 0.3) is 5.56 Å². The summed E-state index contributed by atoms with van der Waals surface area (Å²) in [6, 6.07) is 17.2. The first-order chi connectivity index (χ1) is 15.2. The fraction of sp³-hybridized carbons (Fsp3) is 0.0909. The Hall–Kier alpha value is -3.85. The van der Waals surface area contributed by atoms with Crippen molar-refractivity contribution in [2.24, 2.45) is 0 Å². The number of aromatic amines is 2. The molecule has 5 aromatic rings. The molecule has 0 aliphatic rings. The number of thioether (sulfide) groups is 1. The highest BCUT2D eigenvalue weighted by Gasteiger charge is 2.14. The number of nitrogens with one attached hydrogen (secondary N) is 2. The van der Waals surface area contributed by atoms with Crippen molar-refractivity contribution in [3.05, 3.63) is 77.0 Å². The van der Waals surface area contributed by atoms with Crippen molar-refractivity contribution in [3.63, 3.8) is 0 Å². The second-order valence-electron chi connectivity index (χ2n) is 6.69. The van der Waals surface area contributed by atoms with E-state index >= 15 is 0 Å². The SMILES string of the molecule is COc1ccc(-c2noc(CSc3nc4c(-c5ccccc5)c[nH]c4c(=O)[nH]3)n2)cc1. The summed E-state index contributed by atoms with van der Waals surface area (Å²) in [5.74, 6) is 2.07. The van der Waals surface area contributed by atoms with Gasteiger partial charge in [0.1, 0.15) is 16.8 Å². The zero-order valence-electron chi connectivity index (χ0n) is 16.5. The maximum Gasteiger partial charge on any atom is 0.275 e. The van der Waals surface area contributed by atoms with Gasteiger partial charge in [-0.05, 0) is 29.8 Å². The monoisotopic (exact) mass is 431 g/mol. The Kier molecular flexibility index (Phi) is 5.01. The van der Waals surface area contributed by atoms with Crippen LogP contribution in [0.2, 0.25) is 0 Å². The molecule has 5 rings (SSSR count). The van der Waals surface area contributed by atoms with Crippen LogP contribution in [-0.2, 0) is 5.75 Å². The third-order valence-electron chi connectivity index (χ3n) is 4.75. The van der Waals surface area contributed by atoms with Gasteiger partial charge in [-0.2, -0.15) is 4.98 Å². The van der Waals surface area contributed by atoms with E-state index in [2.05, 4.69) is 25.1 Å². The predicted molar refractivity (Wildman–Crippen MR) is 118 cm³/mol. The third kappa shape index (κ3) is 3.82. The summed E-state index contributed by atoms with van der Waals surface area (Å²) in [6.07, 6.45) is 1.80. The molecule has 31 heavy (non-hydrogen) atoms. The van der Waals surface area contributed by atoms with Gasteiger partial charge >= 0.3 is 0 Å². The van der Waals surface area contributed by atoms with Crippen molar-refractivity contribution >= 4 is 22.8 Å². The minimum atomic E-state index is -0.223. The number of H-pyrrole nitrogens is 2. The smallest absolute Gasteiger partial charge is 0.275 e. The van der Waals surface area contributed by atoms with Crippen LogP contribution in [-0.4, -0.2) is 32.2 Å². The Morgan fingerprint density at radius 2 is 1.84 bits per heavy atom. The van der Waals surface area contributed by atoms with E-state index < -0.39 is 0 Å². The summed E-state index contributed by atoms with van der Waals surface area (Å²) in [5.41, 5.74) is 3.55. The predicted octanol–water partition coefficient (Wildman–Crippen LogP) is 4.27. The molecule has 0 aliphatic heterocycles. The minimum absolute atomic E-state index is 0.223. The number of methoxy groups -OCH3 is 1. The number of fused-ring (bicyclic) bond motifs is 1. The average Bonchev–Trinajstić information content (AvgIpc) is 3.46. The van der Waals surface area contributed by atoms with E-state index in [0.29, 0.717) is 33.7 Å². The summed E-state index contributed by atoms with van der Waals surface area (Å²) in [7, 11) is 1.62. The van der Waals surface area contributed by atoms with Crippen molar-refractivity contribution in [1.82, 2.24) is 25.1 Å². The van der Waals surface area contributed by atoms with Crippen molar-refractivity contribution in [1.29, 1.82) is 0 Å². The van der Waals surface area contributed by atoms with Crippen LogP contribution in [0.5, 0.6) is 5.75 Å². The van der Waals surface area contributed by atoms with Crippen LogP contribution in [0.25, 0.3) is 33.5 Å². The fourth-order valence-electron chi connectivity index (χ4n) is 3.20. The standard InChI is InChI=1S/C22H17N5O3S/c1-29-15-9-7-14(8-10-15)20-24-17(30-27-20)12-31-22-25-18-16(13-5-3-2-4-6-13)11-23-19(18)21(28)26-22/h2-11,23H,12H2,1H3,(H,25,26,28). The second kappa shape index (κ2) is 8.11. The number of benzene rings is 2. The lowest BCUT2D eigenvalue weighted by Crippen LogP contribution is -2.09. The van der Waals surface area contributed by atoms with Crippen molar-refractivity contribution in [3.8, 4) is 28.3 Å². The maximum atomic E-state index is 12.5. The normalized spacial score (nSPS) is 11.1. The topological polar surface area (TPSA) is 110 Å². The van der Waals surface area contributed by atoms with E-state index in [1.54, 1.807) is 13.3 Å². The third-order valence-corrected chi connectivity index (χ3v) is 5.61.